The van der Waals surface area contributed by atoms with Crippen LogP contribution in [0.15, 0.2) is 109 Å². The molecule has 0 saturated heterocycles. The number of carbonyl (C=O) groups excluding carboxylic acids is 2. The summed E-state index contributed by atoms with van der Waals surface area (Å²) in [6.45, 7) is 3.18. The number of benzene rings is 4. The van der Waals surface area contributed by atoms with Crippen LogP contribution in [0, 0.1) is 0 Å². The second-order valence-electron chi connectivity index (χ2n) is 9.72. The molecule has 2 aliphatic heterocycles. The molecule has 186 valence electrons. The third-order valence-corrected chi connectivity index (χ3v) is 7.50. The number of fused-ring (bicyclic) bond motifs is 2. The van der Waals surface area contributed by atoms with Crippen LogP contribution in [0.5, 0.6) is 0 Å². The van der Waals surface area contributed by atoms with Gasteiger partial charge in [0.2, 0.25) is 11.8 Å². The lowest BCUT2D eigenvalue weighted by molar-refractivity contribution is -0.134. The Morgan fingerprint density at radius 2 is 0.921 bits per heavy atom. The van der Waals surface area contributed by atoms with Gasteiger partial charge in [0.25, 0.3) is 0 Å². The fraction of sp³-hybridized carbons (Fsp3) is 0.118. The zero-order valence-electron chi connectivity index (χ0n) is 21.4. The number of hydrogen-bond acceptors (Lipinski definition) is 2. The molecule has 2 heterocycles. The minimum Gasteiger partial charge on any atom is -0.309 e. The van der Waals surface area contributed by atoms with Crippen molar-refractivity contribution < 1.29 is 9.59 Å². The molecule has 0 radical (unpaired) electrons. The highest BCUT2D eigenvalue weighted by atomic mass is 16.2. The Hall–Kier alpha value is -4.70. The molecule has 0 bridgehead atoms. The maximum atomic E-state index is 13.2. The van der Waals surface area contributed by atoms with Gasteiger partial charge in [-0.15, -0.1) is 0 Å². The highest BCUT2D eigenvalue weighted by Gasteiger charge is 2.42. The Kier molecular flexibility index (Phi) is 6.01. The molecule has 4 heteroatoms. The molecule has 4 aromatic carbocycles. The van der Waals surface area contributed by atoms with Gasteiger partial charge in [-0.3, -0.25) is 9.59 Å². The van der Waals surface area contributed by atoms with Crippen LogP contribution in [0.1, 0.15) is 48.2 Å². The van der Waals surface area contributed by atoms with E-state index in [2.05, 4.69) is 60.7 Å². The predicted molar refractivity (Wildman–Crippen MR) is 152 cm³/mol. The molecule has 2 aliphatic rings. The van der Waals surface area contributed by atoms with Crippen molar-refractivity contribution in [3.8, 4) is 22.3 Å². The van der Waals surface area contributed by atoms with Gasteiger partial charge in [-0.2, -0.15) is 0 Å². The van der Waals surface area contributed by atoms with Crippen LogP contribution in [0.4, 0.5) is 0 Å². The van der Waals surface area contributed by atoms with Crippen LogP contribution in [0.3, 0.4) is 0 Å². The normalized spacial score (nSPS) is 17.6. The first kappa shape index (κ1) is 23.7. The van der Waals surface area contributed by atoms with Gasteiger partial charge in [-0.05, 0) is 56.7 Å². The van der Waals surface area contributed by atoms with Crippen LogP contribution in [0.25, 0.3) is 34.4 Å². The molecule has 0 fully saturated rings. The Labute approximate surface area is 223 Å². The molecular weight excluding hydrogens is 468 g/mol. The van der Waals surface area contributed by atoms with Crippen LogP contribution >= 0.6 is 0 Å². The number of nitrogens with zero attached hydrogens (tertiary/aromatic N) is 2. The molecule has 4 nitrogen and oxygen atoms in total. The number of carbonyl (C=O) groups is 2. The Morgan fingerprint density at radius 3 is 1.29 bits per heavy atom. The molecule has 0 unspecified atom stereocenters. The van der Waals surface area contributed by atoms with Gasteiger partial charge < -0.3 is 9.80 Å². The monoisotopic (exact) mass is 496 g/mol. The van der Waals surface area contributed by atoms with Crippen LogP contribution in [-0.4, -0.2) is 21.6 Å². The first-order valence-electron chi connectivity index (χ1n) is 12.9. The summed E-state index contributed by atoms with van der Waals surface area (Å²) in [7, 11) is 0. The molecule has 0 N–H and O–H groups in total. The van der Waals surface area contributed by atoms with Gasteiger partial charge in [0.1, 0.15) is 0 Å². The molecule has 0 aromatic heterocycles. The quantitative estimate of drug-likeness (QED) is 0.295. The molecule has 0 aliphatic carbocycles. The average Bonchev–Trinajstić information content (AvgIpc) is 2.96. The van der Waals surface area contributed by atoms with E-state index in [9.17, 15) is 9.59 Å². The summed E-state index contributed by atoms with van der Waals surface area (Å²) in [6.07, 6.45) is 7.73. The molecule has 0 spiro atoms. The average molecular weight is 497 g/mol. The van der Waals surface area contributed by atoms with Gasteiger partial charge in [0.05, 0.1) is 12.1 Å². The van der Waals surface area contributed by atoms with Crippen molar-refractivity contribution in [3.63, 3.8) is 0 Å². The summed E-state index contributed by atoms with van der Waals surface area (Å²) in [5.74, 6) is -0.145. The SMILES string of the molecule is CC(=O)N1C=Cc2cccc(-c3ccccc3)c2[C@H]1[C@@H]1c2c(cccc2-c2ccccc2)C=CN1C(C)=O. The van der Waals surface area contributed by atoms with Crippen LogP contribution in [0.2, 0.25) is 0 Å². The largest absolute Gasteiger partial charge is 0.309 e. The second-order valence-corrected chi connectivity index (χ2v) is 9.72. The van der Waals surface area contributed by atoms with E-state index in [0.717, 1.165) is 44.5 Å². The lowest BCUT2D eigenvalue weighted by Gasteiger charge is -2.45. The van der Waals surface area contributed by atoms with E-state index in [-0.39, 0.29) is 11.8 Å². The van der Waals surface area contributed by atoms with Gasteiger partial charge in [0, 0.05) is 26.2 Å². The fourth-order valence-corrected chi connectivity index (χ4v) is 5.86. The molecule has 2 amide bonds. The smallest absolute Gasteiger partial charge is 0.224 e. The van der Waals surface area contributed by atoms with Gasteiger partial charge in [0.15, 0.2) is 0 Å². The first-order valence-corrected chi connectivity index (χ1v) is 12.9. The van der Waals surface area contributed by atoms with E-state index in [0.29, 0.717) is 0 Å². The second kappa shape index (κ2) is 9.64. The summed E-state index contributed by atoms with van der Waals surface area (Å²) in [4.78, 5) is 30.0. The summed E-state index contributed by atoms with van der Waals surface area (Å²) in [5.41, 5.74) is 8.43. The third-order valence-electron chi connectivity index (χ3n) is 7.50. The van der Waals surface area contributed by atoms with E-state index in [4.69, 9.17) is 0 Å². The van der Waals surface area contributed by atoms with Gasteiger partial charge in [-0.25, -0.2) is 0 Å². The summed E-state index contributed by atoms with van der Waals surface area (Å²) in [5, 5.41) is 0. The van der Waals surface area contributed by atoms with Crippen molar-refractivity contribution in [3.05, 3.63) is 132 Å². The topological polar surface area (TPSA) is 40.6 Å². The molecular formula is C34H28N2O2. The van der Waals surface area contributed by atoms with E-state index >= 15 is 0 Å². The molecule has 38 heavy (non-hydrogen) atoms. The Bertz CT molecular complexity index is 1470. The molecule has 6 rings (SSSR count). The van der Waals surface area contributed by atoms with Gasteiger partial charge >= 0.3 is 0 Å². The van der Waals surface area contributed by atoms with Gasteiger partial charge in [-0.1, -0.05) is 97.1 Å². The lowest BCUT2D eigenvalue weighted by Crippen LogP contribution is -2.43. The molecule has 2 atom stereocenters. The minimum atomic E-state index is -0.429. The first-order chi connectivity index (χ1) is 18.5. The van der Waals surface area contributed by atoms with Crippen molar-refractivity contribution in [2.24, 2.45) is 0 Å². The lowest BCUT2D eigenvalue weighted by atomic mass is 9.78. The number of amides is 2. The summed E-state index contributed by atoms with van der Waals surface area (Å²) in [6, 6.07) is 32.1. The standard InChI is InChI=1S/C34H28N2O2/c1-23(37)35-21-19-27-15-9-17-29(25-11-5-3-6-12-25)31(27)33(35)34-32-28(20-22-36(34)24(2)38)16-10-18-30(32)26-13-7-4-8-14-26/h3-22,33-34H,1-2H3/t33-,34-/m0/s1. The fourth-order valence-electron chi connectivity index (χ4n) is 5.86. The molecule has 0 saturated carbocycles. The minimum absolute atomic E-state index is 0.0726. The van der Waals surface area contributed by atoms with E-state index in [1.54, 1.807) is 23.6 Å². The Morgan fingerprint density at radius 1 is 0.526 bits per heavy atom. The predicted octanol–water partition coefficient (Wildman–Crippen LogP) is 7.47. The van der Waals surface area contributed by atoms with E-state index < -0.39 is 12.1 Å². The number of hydrogen-bond donors (Lipinski definition) is 0. The highest BCUT2D eigenvalue weighted by molar-refractivity contribution is 5.85. The third kappa shape index (κ3) is 3.95. The summed E-state index contributed by atoms with van der Waals surface area (Å²) >= 11 is 0. The van der Waals surface area contributed by atoms with Crippen molar-refractivity contribution in [2.45, 2.75) is 25.9 Å². The van der Waals surface area contributed by atoms with Crippen molar-refractivity contribution in [1.82, 2.24) is 9.80 Å². The number of rotatable bonds is 3. The van der Waals surface area contributed by atoms with Crippen LogP contribution < -0.4 is 0 Å². The van der Waals surface area contributed by atoms with E-state index in [1.807, 2.05) is 61.0 Å². The van der Waals surface area contributed by atoms with E-state index in [1.165, 1.54) is 0 Å². The van der Waals surface area contributed by atoms with Crippen molar-refractivity contribution in [2.75, 3.05) is 0 Å². The highest BCUT2D eigenvalue weighted by Crippen LogP contribution is 2.50. The van der Waals surface area contributed by atoms with Crippen molar-refractivity contribution >= 4 is 24.0 Å². The summed E-state index contributed by atoms with van der Waals surface area (Å²) < 4.78 is 0. The van der Waals surface area contributed by atoms with Crippen molar-refractivity contribution in [1.29, 1.82) is 0 Å². The maximum Gasteiger partial charge on any atom is 0.224 e. The zero-order valence-corrected chi connectivity index (χ0v) is 21.4. The van der Waals surface area contributed by atoms with Crippen LogP contribution in [-0.2, 0) is 9.59 Å². The zero-order chi connectivity index (χ0) is 26.2. The maximum absolute atomic E-state index is 13.2. The molecule has 4 aromatic rings. The Balaban J connectivity index is 1.67.